The zero-order chi connectivity index (χ0) is 17.4. The first-order valence-electron chi connectivity index (χ1n) is 8.10. The smallest absolute Gasteiger partial charge is 0.233 e. The number of amides is 1. The fourth-order valence-corrected chi connectivity index (χ4v) is 3.87. The molecule has 0 saturated carbocycles. The van der Waals surface area contributed by atoms with Crippen LogP contribution < -0.4 is 10.6 Å². The van der Waals surface area contributed by atoms with Crippen molar-refractivity contribution in [3.8, 4) is 0 Å². The van der Waals surface area contributed by atoms with E-state index in [0.29, 0.717) is 12.5 Å². The largest absolute Gasteiger partial charge is 0.360 e. The van der Waals surface area contributed by atoms with Crippen LogP contribution in [0, 0.1) is 5.92 Å². The number of carbonyl (C=O) groups is 1. The van der Waals surface area contributed by atoms with Gasteiger partial charge in [-0.05, 0) is 24.8 Å². The van der Waals surface area contributed by atoms with Crippen LogP contribution in [0.25, 0.3) is 0 Å². The molecule has 0 fully saturated rings. The summed E-state index contributed by atoms with van der Waals surface area (Å²) in [6.45, 7) is 7.70. The minimum absolute atomic E-state index is 0.0304. The van der Waals surface area contributed by atoms with E-state index in [1.165, 1.54) is 28.7 Å². The second kappa shape index (κ2) is 9.64. The van der Waals surface area contributed by atoms with Crippen LogP contribution in [0.2, 0.25) is 0 Å². The molecule has 0 radical (unpaired) electrons. The van der Waals surface area contributed by atoms with Gasteiger partial charge in [-0.1, -0.05) is 67.3 Å². The van der Waals surface area contributed by atoms with Crippen LogP contribution in [0.4, 0.5) is 5.13 Å². The summed E-state index contributed by atoms with van der Waals surface area (Å²) in [6.07, 6.45) is 0.839. The number of carbonyl (C=O) groups excluding carboxylic acids is 1. The summed E-state index contributed by atoms with van der Waals surface area (Å²) in [5, 5.41) is 15.1. The highest BCUT2D eigenvalue weighted by Gasteiger charge is 2.16. The maximum Gasteiger partial charge on any atom is 0.233 e. The standard InChI is InChI=1S/C17H24N4OS2/c1-12(2)11-19-16-20-21-17(24-16)23-13(3)15(22)18-10-9-14-7-5-4-6-8-14/h4-8,12-13H,9-11H2,1-3H3,(H,18,22)(H,19,20). The zero-order valence-corrected chi connectivity index (χ0v) is 15.9. The molecule has 0 aliphatic heterocycles. The van der Waals surface area contributed by atoms with Crippen LogP contribution in [0.15, 0.2) is 34.7 Å². The Morgan fingerprint density at radius 2 is 1.96 bits per heavy atom. The van der Waals surface area contributed by atoms with Crippen molar-refractivity contribution in [2.75, 3.05) is 18.4 Å². The summed E-state index contributed by atoms with van der Waals surface area (Å²) in [5.74, 6) is 0.585. The molecule has 2 aromatic rings. The zero-order valence-electron chi connectivity index (χ0n) is 14.3. The SMILES string of the molecule is CC(C)CNc1nnc(SC(C)C(=O)NCCc2ccccc2)s1. The number of nitrogens with one attached hydrogen (secondary N) is 2. The number of aromatic nitrogens is 2. The van der Waals surface area contributed by atoms with Gasteiger partial charge in [-0.25, -0.2) is 0 Å². The van der Waals surface area contributed by atoms with E-state index in [0.717, 1.165) is 22.4 Å². The third-order valence-electron chi connectivity index (χ3n) is 3.27. The number of hydrogen-bond acceptors (Lipinski definition) is 6. The molecule has 0 saturated heterocycles. The third-order valence-corrected chi connectivity index (χ3v) is 5.34. The molecule has 0 bridgehead atoms. The predicted octanol–water partition coefficient (Wildman–Crippen LogP) is 3.45. The lowest BCUT2D eigenvalue weighted by molar-refractivity contribution is -0.120. The average Bonchev–Trinajstić information content (AvgIpc) is 3.01. The van der Waals surface area contributed by atoms with E-state index in [1.54, 1.807) is 0 Å². The fraction of sp³-hybridized carbons (Fsp3) is 0.471. The first-order valence-corrected chi connectivity index (χ1v) is 9.80. The summed E-state index contributed by atoms with van der Waals surface area (Å²) in [4.78, 5) is 12.2. The molecule has 1 aromatic heterocycles. The number of anilines is 1. The van der Waals surface area contributed by atoms with Crippen LogP contribution >= 0.6 is 23.1 Å². The lowest BCUT2D eigenvalue weighted by atomic mass is 10.1. The van der Waals surface area contributed by atoms with Gasteiger partial charge in [0.15, 0.2) is 4.34 Å². The number of nitrogens with zero attached hydrogens (tertiary/aromatic N) is 2. The molecule has 0 aliphatic rings. The van der Waals surface area contributed by atoms with E-state index >= 15 is 0 Å². The van der Waals surface area contributed by atoms with Crippen molar-refractivity contribution in [2.24, 2.45) is 5.92 Å². The number of rotatable bonds is 9. The van der Waals surface area contributed by atoms with Crippen molar-refractivity contribution in [2.45, 2.75) is 36.8 Å². The normalized spacial score (nSPS) is 12.2. The van der Waals surface area contributed by atoms with Crippen LogP contribution in [-0.2, 0) is 11.2 Å². The highest BCUT2D eigenvalue weighted by Crippen LogP contribution is 2.28. The Balaban J connectivity index is 1.73. The Morgan fingerprint density at radius 1 is 1.21 bits per heavy atom. The van der Waals surface area contributed by atoms with Gasteiger partial charge in [0.05, 0.1) is 5.25 Å². The van der Waals surface area contributed by atoms with Crippen LogP contribution in [-0.4, -0.2) is 34.4 Å². The second-order valence-electron chi connectivity index (χ2n) is 5.93. The monoisotopic (exact) mass is 364 g/mol. The minimum atomic E-state index is -0.188. The molecule has 7 heteroatoms. The average molecular weight is 365 g/mol. The molecule has 1 heterocycles. The Morgan fingerprint density at radius 3 is 2.67 bits per heavy atom. The molecule has 0 aliphatic carbocycles. The Bertz CT molecular complexity index is 631. The molecule has 2 rings (SSSR count). The summed E-state index contributed by atoms with van der Waals surface area (Å²) < 4.78 is 0.812. The summed E-state index contributed by atoms with van der Waals surface area (Å²) in [6, 6.07) is 10.1. The highest BCUT2D eigenvalue weighted by molar-refractivity contribution is 8.02. The van der Waals surface area contributed by atoms with Gasteiger partial charge in [-0.2, -0.15) is 0 Å². The van der Waals surface area contributed by atoms with E-state index in [9.17, 15) is 4.79 Å². The van der Waals surface area contributed by atoms with Crippen molar-refractivity contribution < 1.29 is 4.79 Å². The van der Waals surface area contributed by atoms with Crippen LogP contribution in [0.3, 0.4) is 0 Å². The summed E-state index contributed by atoms with van der Waals surface area (Å²) in [5.41, 5.74) is 1.23. The van der Waals surface area contributed by atoms with Gasteiger partial charge in [0, 0.05) is 13.1 Å². The third kappa shape index (κ3) is 6.49. The molecule has 130 valence electrons. The van der Waals surface area contributed by atoms with Crippen LogP contribution in [0.1, 0.15) is 26.3 Å². The van der Waals surface area contributed by atoms with Gasteiger partial charge in [-0.3, -0.25) is 4.79 Å². The molecule has 1 atom stereocenters. The lowest BCUT2D eigenvalue weighted by Crippen LogP contribution is -2.32. The molecule has 2 N–H and O–H groups in total. The summed E-state index contributed by atoms with van der Waals surface area (Å²) in [7, 11) is 0. The van der Waals surface area contributed by atoms with Gasteiger partial charge in [-0.15, -0.1) is 10.2 Å². The Labute approximate surface area is 151 Å². The van der Waals surface area contributed by atoms with E-state index in [-0.39, 0.29) is 11.2 Å². The molecular weight excluding hydrogens is 340 g/mol. The van der Waals surface area contributed by atoms with Gasteiger partial charge in [0.2, 0.25) is 11.0 Å². The molecular formula is C17H24N4OS2. The Hall–Kier alpha value is -1.60. The fourth-order valence-electron chi connectivity index (χ4n) is 1.94. The van der Waals surface area contributed by atoms with Gasteiger partial charge < -0.3 is 10.6 Å². The minimum Gasteiger partial charge on any atom is -0.360 e. The van der Waals surface area contributed by atoms with Crippen molar-refractivity contribution >= 4 is 34.1 Å². The lowest BCUT2D eigenvalue weighted by Gasteiger charge is -2.10. The maximum absolute atomic E-state index is 12.2. The topological polar surface area (TPSA) is 66.9 Å². The second-order valence-corrected chi connectivity index (χ2v) is 8.50. The van der Waals surface area contributed by atoms with E-state index in [4.69, 9.17) is 0 Å². The number of hydrogen-bond donors (Lipinski definition) is 2. The molecule has 0 spiro atoms. The van der Waals surface area contributed by atoms with E-state index in [1.807, 2.05) is 25.1 Å². The van der Waals surface area contributed by atoms with Crippen LogP contribution in [0.5, 0.6) is 0 Å². The van der Waals surface area contributed by atoms with Gasteiger partial charge in [0.25, 0.3) is 0 Å². The van der Waals surface area contributed by atoms with Crippen molar-refractivity contribution in [3.05, 3.63) is 35.9 Å². The first kappa shape index (κ1) is 18.7. The first-order chi connectivity index (χ1) is 11.5. The quantitative estimate of drug-likeness (QED) is 0.667. The molecule has 5 nitrogen and oxygen atoms in total. The molecule has 1 amide bonds. The van der Waals surface area contributed by atoms with Crippen molar-refractivity contribution in [3.63, 3.8) is 0 Å². The number of benzene rings is 1. The predicted molar refractivity (Wildman–Crippen MR) is 102 cm³/mol. The maximum atomic E-state index is 12.2. The number of thioether (sulfide) groups is 1. The van der Waals surface area contributed by atoms with Crippen molar-refractivity contribution in [1.82, 2.24) is 15.5 Å². The van der Waals surface area contributed by atoms with Crippen molar-refractivity contribution in [1.29, 1.82) is 0 Å². The van der Waals surface area contributed by atoms with Gasteiger partial charge in [0.1, 0.15) is 0 Å². The molecule has 24 heavy (non-hydrogen) atoms. The molecule has 1 unspecified atom stereocenters. The highest BCUT2D eigenvalue weighted by atomic mass is 32.2. The van der Waals surface area contributed by atoms with Gasteiger partial charge >= 0.3 is 0 Å². The molecule has 1 aromatic carbocycles. The van der Waals surface area contributed by atoms with E-state index in [2.05, 4.69) is 46.8 Å². The summed E-state index contributed by atoms with van der Waals surface area (Å²) >= 11 is 2.94. The van der Waals surface area contributed by atoms with E-state index < -0.39 is 0 Å². The Kier molecular flexibility index (Phi) is 7.52.